The van der Waals surface area contributed by atoms with Crippen molar-refractivity contribution >= 4 is 33.3 Å². The lowest BCUT2D eigenvalue weighted by molar-refractivity contribution is 0.0384. The molecule has 0 aliphatic carbocycles. The van der Waals surface area contributed by atoms with E-state index in [-0.39, 0.29) is 12.3 Å². The van der Waals surface area contributed by atoms with Crippen molar-refractivity contribution in [1.82, 2.24) is 15.1 Å². The molecule has 1 unspecified atom stereocenters. The smallest absolute Gasteiger partial charge is 0.411 e. The molecule has 2 aromatic rings. The molecule has 4 rings (SSSR count). The normalized spacial score (nSPS) is 18.9. The Labute approximate surface area is 216 Å². The number of anilines is 1. The number of carbonyl (C=O) groups excluding carboxylic acids is 1. The van der Waals surface area contributed by atoms with E-state index in [0.717, 1.165) is 72.8 Å². The summed E-state index contributed by atoms with van der Waals surface area (Å²) >= 11 is 3.57. The van der Waals surface area contributed by atoms with E-state index in [2.05, 4.69) is 68.4 Å². The van der Waals surface area contributed by atoms with Crippen LogP contribution in [0.3, 0.4) is 0 Å². The highest BCUT2D eigenvalue weighted by atomic mass is 79.9. The molecule has 0 aromatic heterocycles. The highest BCUT2D eigenvalue weighted by molar-refractivity contribution is 9.10. The van der Waals surface area contributed by atoms with Gasteiger partial charge < -0.3 is 20.1 Å². The summed E-state index contributed by atoms with van der Waals surface area (Å²) in [5, 5.41) is 7.12. The largest absolute Gasteiger partial charge is 0.450 e. The van der Waals surface area contributed by atoms with Gasteiger partial charge in [-0.1, -0.05) is 46.8 Å². The van der Waals surface area contributed by atoms with Gasteiger partial charge in [0.05, 0.1) is 19.8 Å². The van der Waals surface area contributed by atoms with Crippen molar-refractivity contribution in [3.63, 3.8) is 0 Å². The first-order chi connectivity index (χ1) is 17.0. The SMILES string of the molecule is C=C1CCN(C(=O)OCC)C(c2ccc(CNCCN3CCOCC3)cc2)Nc2ccc(Br)cc21. The highest BCUT2D eigenvalue weighted by Crippen LogP contribution is 2.35. The third-order valence-corrected chi connectivity index (χ3v) is 6.95. The molecule has 0 bridgehead atoms. The van der Waals surface area contributed by atoms with Gasteiger partial charge in [-0.3, -0.25) is 9.80 Å². The zero-order chi connectivity index (χ0) is 24.6. The van der Waals surface area contributed by atoms with Gasteiger partial charge in [0, 0.05) is 55.0 Å². The quantitative estimate of drug-likeness (QED) is 0.487. The van der Waals surface area contributed by atoms with Gasteiger partial charge in [-0.2, -0.15) is 0 Å². The topological polar surface area (TPSA) is 66.1 Å². The Morgan fingerprint density at radius 2 is 1.97 bits per heavy atom. The Kier molecular flexibility index (Phi) is 9.20. The summed E-state index contributed by atoms with van der Waals surface area (Å²) in [6.45, 7) is 13.4. The maximum atomic E-state index is 12.9. The van der Waals surface area contributed by atoms with E-state index in [9.17, 15) is 4.79 Å². The van der Waals surface area contributed by atoms with E-state index < -0.39 is 0 Å². The zero-order valence-corrected chi connectivity index (χ0v) is 22.0. The molecule has 1 saturated heterocycles. The van der Waals surface area contributed by atoms with Crippen molar-refractivity contribution < 1.29 is 14.3 Å². The van der Waals surface area contributed by atoms with Crippen LogP contribution in [0.2, 0.25) is 0 Å². The van der Waals surface area contributed by atoms with Crippen LogP contribution in [-0.4, -0.2) is 68.4 Å². The van der Waals surface area contributed by atoms with E-state index in [0.29, 0.717) is 19.6 Å². The van der Waals surface area contributed by atoms with Crippen LogP contribution in [0.5, 0.6) is 0 Å². The van der Waals surface area contributed by atoms with Crippen molar-refractivity contribution in [3.8, 4) is 0 Å². The van der Waals surface area contributed by atoms with Gasteiger partial charge >= 0.3 is 6.09 Å². The molecule has 35 heavy (non-hydrogen) atoms. The monoisotopic (exact) mass is 542 g/mol. The van der Waals surface area contributed by atoms with Crippen molar-refractivity contribution in [1.29, 1.82) is 0 Å². The van der Waals surface area contributed by atoms with Crippen molar-refractivity contribution in [2.24, 2.45) is 0 Å². The van der Waals surface area contributed by atoms with E-state index in [1.165, 1.54) is 5.56 Å². The minimum absolute atomic E-state index is 0.327. The average molecular weight is 544 g/mol. The summed E-state index contributed by atoms with van der Waals surface area (Å²) in [6, 6.07) is 14.5. The van der Waals surface area contributed by atoms with Gasteiger partial charge in [0.25, 0.3) is 0 Å². The molecule has 1 atom stereocenters. The first-order valence-electron chi connectivity index (χ1n) is 12.3. The van der Waals surface area contributed by atoms with Gasteiger partial charge in [-0.15, -0.1) is 0 Å². The highest BCUT2D eigenvalue weighted by Gasteiger charge is 2.29. The van der Waals surface area contributed by atoms with Crippen LogP contribution < -0.4 is 10.6 Å². The number of halogens is 1. The molecule has 0 spiro atoms. The summed E-state index contributed by atoms with van der Waals surface area (Å²) < 4.78 is 11.8. The fourth-order valence-electron chi connectivity index (χ4n) is 4.46. The van der Waals surface area contributed by atoms with Gasteiger partial charge in [0.15, 0.2) is 0 Å². The Morgan fingerprint density at radius 1 is 1.20 bits per heavy atom. The standard InChI is InChI=1S/C27H35BrN4O3/c1-3-35-27(33)32-12-10-20(2)24-18-23(28)8-9-25(24)30-26(32)22-6-4-21(5-7-22)19-29-11-13-31-14-16-34-17-15-31/h4-9,18,26,29-30H,2-3,10-17,19H2,1H3. The number of rotatable bonds is 7. The number of hydrogen-bond donors (Lipinski definition) is 2. The number of morpholine rings is 1. The molecule has 2 aliphatic rings. The summed E-state index contributed by atoms with van der Waals surface area (Å²) in [6.07, 6.45) is 0.00335. The Hall–Kier alpha value is -2.39. The number of nitrogens with zero attached hydrogens (tertiary/aromatic N) is 2. The molecule has 2 N–H and O–H groups in total. The molecule has 2 aliphatic heterocycles. The first kappa shape index (κ1) is 25.7. The fraction of sp³-hybridized carbons (Fsp3) is 0.444. The van der Waals surface area contributed by atoms with E-state index in [1.54, 1.807) is 4.90 Å². The lowest BCUT2D eigenvalue weighted by atomic mass is 9.99. The molecule has 2 aromatic carbocycles. The van der Waals surface area contributed by atoms with Crippen LogP contribution in [0, 0.1) is 0 Å². The van der Waals surface area contributed by atoms with Crippen molar-refractivity contribution in [2.75, 3.05) is 57.9 Å². The number of benzene rings is 2. The van der Waals surface area contributed by atoms with Crippen LogP contribution in [0.25, 0.3) is 5.57 Å². The van der Waals surface area contributed by atoms with E-state index in [1.807, 2.05) is 19.1 Å². The zero-order valence-electron chi connectivity index (χ0n) is 20.4. The number of carbonyl (C=O) groups is 1. The van der Waals surface area contributed by atoms with E-state index in [4.69, 9.17) is 9.47 Å². The van der Waals surface area contributed by atoms with Gasteiger partial charge in [0.2, 0.25) is 0 Å². The maximum Gasteiger partial charge on any atom is 0.411 e. The Bertz CT molecular complexity index is 1010. The van der Waals surface area contributed by atoms with Crippen LogP contribution in [0.4, 0.5) is 10.5 Å². The number of amides is 1. The summed E-state index contributed by atoms with van der Waals surface area (Å²) in [4.78, 5) is 17.1. The second kappa shape index (κ2) is 12.5. The Balaban J connectivity index is 1.47. The summed E-state index contributed by atoms with van der Waals surface area (Å²) in [7, 11) is 0. The van der Waals surface area contributed by atoms with Crippen LogP contribution in [0.15, 0.2) is 53.5 Å². The molecule has 0 radical (unpaired) electrons. The number of hydrogen-bond acceptors (Lipinski definition) is 6. The lowest BCUT2D eigenvalue weighted by Crippen LogP contribution is -2.41. The minimum atomic E-state index is -0.342. The third kappa shape index (κ3) is 6.85. The molecule has 1 fully saturated rings. The molecular weight excluding hydrogens is 508 g/mol. The molecule has 2 heterocycles. The van der Waals surface area contributed by atoms with E-state index >= 15 is 0 Å². The van der Waals surface area contributed by atoms with Crippen molar-refractivity contribution in [3.05, 3.63) is 70.2 Å². The Morgan fingerprint density at radius 3 is 2.71 bits per heavy atom. The average Bonchev–Trinajstić information content (AvgIpc) is 2.87. The minimum Gasteiger partial charge on any atom is -0.450 e. The summed E-state index contributed by atoms with van der Waals surface area (Å²) in [5.41, 5.74) is 5.22. The molecule has 7 nitrogen and oxygen atoms in total. The predicted octanol–water partition coefficient (Wildman–Crippen LogP) is 4.86. The number of ether oxygens (including phenoxy) is 2. The third-order valence-electron chi connectivity index (χ3n) is 6.46. The predicted molar refractivity (Wildman–Crippen MR) is 143 cm³/mol. The molecular formula is C27H35BrN4O3. The number of nitrogens with one attached hydrogen (secondary N) is 2. The molecule has 0 saturated carbocycles. The van der Waals surface area contributed by atoms with Crippen LogP contribution in [-0.2, 0) is 16.0 Å². The second-order valence-electron chi connectivity index (χ2n) is 8.86. The van der Waals surface area contributed by atoms with Gasteiger partial charge in [-0.25, -0.2) is 4.79 Å². The van der Waals surface area contributed by atoms with Crippen LogP contribution >= 0.6 is 15.9 Å². The van der Waals surface area contributed by atoms with Gasteiger partial charge in [-0.05, 0) is 48.2 Å². The fourth-order valence-corrected chi connectivity index (χ4v) is 4.82. The number of fused-ring (bicyclic) bond motifs is 1. The molecule has 1 amide bonds. The molecule has 8 heteroatoms. The summed E-state index contributed by atoms with van der Waals surface area (Å²) in [5.74, 6) is 0. The maximum absolute atomic E-state index is 12.9. The van der Waals surface area contributed by atoms with Crippen molar-refractivity contribution in [2.45, 2.75) is 26.1 Å². The van der Waals surface area contributed by atoms with Gasteiger partial charge in [0.1, 0.15) is 6.17 Å². The molecule has 188 valence electrons. The second-order valence-corrected chi connectivity index (χ2v) is 9.77. The van der Waals surface area contributed by atoms with Crippen LogP contribution in [0.1, 0.15) is 36.2 Å². The first-order valence-corrected chi connectivity index (χ1v) is 13.1. The lowest BCUT2D eigenvalue weighted by Gasteiger charge is -2.35.